The summed E-state index contributed by atoms with van der Waals surface area (Å²) in [6.07, 6.45) is 6.72. The summed E-state index contributed by atoms with van der Waals surface area (Å²) in [5.41, 5.74) is 8.84. The zero-order chi connectivity index (χ0) is 28.7. The van der Waals surface area contributed by atoms with Crippen molar-refractivity contribution in [2.24, 2.45) is 7.05 Å². The first-order valence-corrected chi connectivity index (χ1v) is 13.5. The van der Waals surface area contributed by atoms with E-state index in [0.29, 0.717) is 37.8 Å². The molecule has 3 N–H and O–H groups in total. The number of nitrogen functional groups attached to an aromatic ring is 1. The van der Waals surface area contributed by atoms with E-state index in [2.05, 4.69) is 48.3 Å². The molecule has 1 unspecified atom stereocenters. The lowest BCUT2D eigenvalue weighted by molar-refractivity contribution is 0.0941. The lowest BCUT2D eigenvalue weighted by Crippen LogP contribution is -2.33. The summed E-state index contributed by atoms with van der Waals surface area (Å²) in [7, 11) is 1.82. The predicted molar refractivity (Wildman–Crippen MR) is 160 cm³/mol. The average Bonchev–Trinajstić information content (AvgIpc) is 3.55. The van der Waals surface area contributed by atoms with Gasteiger partial charge >= 0.3 is 0 Å². The summed E-state index contributed by atoms with van der Waals surface area (Å²) in [5, 5.41) is 12.5. The molecule has 10 nitrogen and oxygen atoms in total. The highest BCUT2D eigenvalue weighted by molar-refractivity contribution is 9.10. The highest BCUT2D eigenvalue weighted by atomic mass is 79.9. The number of aromatic nitrogens is 6. The Morgan fingerprint density at radius 1 is 1.10 bits per heavy atom. The molecule has 1 atom stereocenters. The van der Waals surface area contributed by atoms with Crippen molar-refractivity contribution in [3.05, 3.63) is 117 Å². The molecule has 0 saturated heterocycles. The topological polar surface area (TPSA) is 125 Å². The van der Waals surface area contributed by atoms with Gasteiger partial charge in [0, 0.05) is 46.7 Å². The number of anilines is 1. The standard InChI is InChI=1S/C30H23BrN8O2/c1-18(35-29(40)24-27(32)36-38-15-7-14-33-28(24)38)26-25(31)22-11-6-8-20(13-12-19-16-34-37(2)17-19)23(22)30(41)39(26)21-9-4-3-5-10-21/h3-11,14-18H,1-2H3,(H2,32,36)(H,35,40). The van der Waals surface area contributed by atoms with Crippen molar-refractivity contribution in [3.8, 4) is 17.5 Å². The van der Waals surface area contributed by atoms with Crippen LogP contribution in [-0.4, -0.2) is 34.9 Å². The number of pyridine rings is 1. The van der Waals surface area contributed by atoms with Gasteiger partial charge in [-0.05, 0) is 47.1 Å². The highest BCUT2D eigenvalue weighted by Crippen LogP contribution is 2.33. The Morgan fingerprint density at radius 2 is 1.90 bits per heavy atom. The third-order valence-corrected chi connectivity index (χ3v) is 7.49. The molecule has 0 saturated carbocycles. The van der Waals surface area contributed by atoms with Gasteiger partial charge in [0.15, 0.2) is 11.5 Å². The van der Waals surface area contributed by atoms with Crippen molar-refractivity contribution in [1.29, 1.82) is 0 Å². The number of halogens is 1. The monoisotopic (exact) mass is 606 g/mol. The summed E-state index contributed by atoms with van der Waals surface area (Å²) < 4.78 is 5.38. The van der Waals surface area contributed by atoms with Crippen LogP contribution in [0, 0.1) is 11.8 Å². The highest BCUT2D eigenvalue weighted by Gasteiger charge is 2.26. The minimum Gasteiger partial charge on any atom is -0.381 e. The molecule has 4 aromatic heterocycles. The second-order valence-electron chi connectivity index (χ2n) is 9.40. The van der Waals surface area contributed by atoms with Crippen LogP contribution < -0.4 is 16.6 Å². The number of rotatable bonds is 4. The quantitative estimate of drug-likeness (QED) is 0.292. The number of carbonyl (C=O) groups is 1. The number of carbonyl (C=O) groups excluding carboxylic acids is 1. The van der Waals surface area contributed by atoms with Crippen molar-refractivity contribution in [2.45, 2.75) is 13.0 Å². The maximum Gasteiger partial charge on any atom is 0.264 e. The Hall–Kier alpha value is -5.21. The summed E-state index contributed by atoms with van der Waals surface area (Å²) >= 11 is 3.77. The predicted octanol–water partition coefficient (Wildman–Crippen LogP) is 4.00. The second kappa shape index (κ2) is 10.4. The first-order valence-electron chi connectivity index (χ1n) is 12.7. The van der Waals surface area contributed by atoms with Crippen LogP contribution in [0.2, 0.25) is 0 Å². The molecule has 0 radical (unpaired) electrons. The Kier molecular flexibility index (Phi) is 6.61. The van der Waals surface area contributed by atoms with Crippen molar-refractivity contribution in [1.82, 2.24) is 34.3 Å². The van der Waals surface area contributed by atoms with Crippen molar-refractivity contribution in [2.75, 3.05) is 5.73 Å². The van der Waals surface area contributed by atoms with Crippen molar-refractivity contribution < 1.29 is 4.79 Å². The van der Waals surface area contributed by atoms with E-state index in [1.54, 1.807) is 33.9 Å². The molecule has 0 bridgehead atoms. The van der Waals surface area contributed by atoms with Crippen LogP contribution >= 0.6 is 15.9 Å². The number of nitrogens with one attached hydrogen (secondary N) is 1. The van der Waals surface area contributed by atoms with E-state index in [9.17, 15) is 9.59 Å². The fourth-order valence-corrected chi connectivity index (χ4v) is 5.68. The first kappa shape index (κ1) is 26.0. The molecule has 2 aromatic carbocycles. The van der Waals surface area contributed by atoms with Gasteiger partial charge in [-0.1, -0.05) is 42.2 Å². The number of nitrogens with two attached hydrogens (primary N) is 1. The third kappa shape index (κ3) is 4.64. The normalized spacial score (nSPS) is 11.8. The molecule has 1 amide bonds. The minimum atomic E-state index is -0.627. The van der Waals surface area contributed by atoms with Gasteiger partial charge < -0.3 is 11.1 Å². The maximum atomic E-state index is 14.3. The number of hydrogen-bond acceptors (Lipinski definition) is 6. The van der Waals surface area contributed by atoms with Crippen LogP contribution in [0.4, 0.5) is 5.82 Å². The fourth-order valence-electron chi connectivity index (χ4n) is 4.83. The number of hydrogen-bond donors (Lipinski definition) is 2. The van der Waals surface area contributed by atoms with Gasteiger partial charge in [0.2, 0.25) is 0 Å². The lowest BCUT2D eigenvalue weighted by Gasteiger charge is -2.23. The van der Waals surface area contributed by atoms with E-state index in [-0.39, 0.29) is 16.9 Å². The van der Waals surface area contributed by atoms with E-state index in [1.807, 2.05) is 68.7 Å². The van der Waals surface area contributed by atoms with E-state index in [1.165, 1.54) is 4.52 Å². The number of aryl methyl sites for hydroxylation is 1. The Bertz CT molecular complexity index is 2080. The molecule has 6 aromatic rings. The Morgan fingerprint density at radius 3 is 2.66 bits per heavy atom. The molecule has 0 fully saturated rings. The third-order valence-electron chi connectivity index (χ3n) is 6.65. The molecular weight excluding hydrogens is 584 g/mol. The van der Waals surface area contributed by atoms with Crippen LogP contribution in [0.3, 0.4) is 0 Å². The molecule has 11 heteroatoms. The number of nitrogens with zero attached hydrogens (tertiary/aromatic N) is 6. The maximum absolute atomic E-state index is 14.3. The second-order valence-corrected chi connectivity index (χ2v) is 10.2. The lowest BCUT2D eigenvalue weighted by atomic mass is 10.0. The van der Waals surface area contributed by atoms with Gasteiger partial charge in [0.25, 0.3) is 11.5 Å². The summed E-state index contributed by atoms with van der Waals surface area (Å²) in [6.45, 7) is 1.81. The van der Waals surface area contributed by atoms with Crippen LogP contribution in [0.5, 0.6) is 0 Å². The molecular formula is C30H23BrN8O2. The number of amides is 1. The molecule has 0 aliphatic heterocycles. The van der Waals surface area contributed by atoms with E-state index < -0.39 is 11.9 Å². The van der Waals surface area contributed by atoms with E-state index in [0.717, 1.165) is 5.56 Å². The smallest absolute Gasteiger partial charge is 0.264 e. The number of benzene rings is 2. The molecule has 41 heavy (non-hydrogen) atoms. The zero-order valence-electron chi connectivity index (χ0n) is 22.0. The van der Waals surface area contributed by atoms with Gasteiger partial charge in [-0.15, -0.1) is 5.10 Å². The van der Waals surface area contributed by atoms with Gasteiger partial charge in [0.05, 0.1) is 28.9 Å². The summed E-state index contributed by atoms with van der Waals surface area (Å²) in [5.74, 6) is 5.85. The average molecular weight is 607 g/mol. The molecule has 4 heterocycles. The number of fused-ring (bicyclic) bond motifs is 2. The van der Waals surface area contributed by atoms with Crippen LogP contribution in [0.25, 0.3) is 22.1 Å². The van der Waals surface area contributed by atoms with Gasteiger partial charge in [-0.2, -0.15) is 5.10 Å². The SMILES string of the molecule is CC(NC(=O)c1c(N)nn2cccnc12)c1c(Br)c2cccc(C#Cc3cnn(C)c3)c2c(=O)n1-c1ccccc1. The molecule has 0 aliphatic carbocycles. The van der Waals surface area contributed by atoms with Gasteiger partial charge in [0.1, 0.15) is 5.56 Å². The Labute approximate surface area is 242 Å². The van der Waals surface area contributed by atoms with Gasteiger partial charge in [-0.25, -0.2) is 9.50 Å². The zero-order valence-corrected chi connectivity index (χ0v) is 23.6. The first-order chi connectivity index (χ1) is 19.8. The largest absolute Gasteiger partial charge is 0.381 e. The fraction of sp³-hybridized carbons (Fsp3) is 0.100. The Balaban J connectivity index is 1.52. The molecule has 0 spiro atoms. The molecule has 6 rings (SSSR count). The summed E-state index contributed by atoms with van der Waals surface area (Å²) in [6, 6.07) is 15.9. The minimum absolute atomic E-state index is 0.0586. The van der Waals surface area contributed by atoms with E-state index in [4.69, 9.17) is 5.73 Å². The molecule has 202 valence electrons. The number of para-hydroxylation sites is 1. The molecule has 0 aliphatic rings. The van der Waals surface area contributed by atoms with Crippen LogP contribution in [0.15, 0.2) is 88.7 Å². The van der Waals surface area contributed by atoms with Crippen molar-refractivity contribution >= 4 is 44.1 Å². The summed E-state index contributed by atoms with van der Waals surface area (Å²) in [4.78, 5) is 32.1. The van der Waals surface area contributed by atoms with Crippen LogP contribution in [-0.2, 0) is 7.05 Å². The van der Waals surface area contributed by atoms with E-state index >= 15 is 0 Å². The van der Waals surface area contributed by atoms with Crippen LogP contribution in [0.1, 0.15) is 40.1 Å². The van der Waals surface area contributed by atoms with Gasteiger partial charge in [-0.3, -0.25) is 18.8 Å². The van der Waals surface area contributed by atoms with Crippen molar-refractivity contribution in [3.63, 3.8) is 0 Å².